The van der Waals surface area contributed by atoms with Crippen molar-refractivity contribution in [3.05, 3.63) is 17.5 Å². The molecule has 0 spiro atoms. The molecule has 0 aromatic rings. The number of halogens is 1. The average Bonchev–Trinajstić information content (AvgIpc) is 1.87. The summed E-state index contributed by atoms with van der Waals surface area (Å²) in [7, 11) is 0. The first kappa shape index (κ1) is 8.69. The van der Waals surface area contributed by atoms with E-state index in [0.29, 0.717) is 17.7 Å². The molecule has 0 aliphatic heterocycles. The summed E-state index contributed by atoms with van der Waals surface area (Å²) in [4.78, 5) is 0. The lowest BCUT2D eigenvalue weighted by Gasteiger charge is -2.13. The van der Waals surface area contributed by atoms with Crippen molar-refractivity contribution in [2.45, 2.75) is 6.92 Å². The number of nitrogens with one attached hydrogen (secondary N) is 1. The molecule has 2 nitrogen and oxygen atoms in total. The van der Waals surface area contributed by atoms with Crippen molar-refractivity contribution in [2.75, 3.05) is 11.9 Å². The molecule has 0 bridgehead atoms. The molecule has 52 valence electrons. The molecule has 1 N–H and O–H groups in total. The van der Waals surface area contributed by atoms with E-state index >= 15 is 0 Å². The molecule has 0 rings (SSSR count). The van der Waals surface area contributed by atoms with Crippen LogP contribution in [0, 0.1) is 5.41 Å². The molecule has 0 saturated carbocycles. The highest BCUT2D eigenvalue weighted by molar-refractivity contribution is 9.09. The Hall–Kier alpha value is -0.310. The normalized spacial score (nSPS) is 8.67. The summed E-state index contributed by atoms with van der Waals surface area (Å²) < 4.78 is 0. The summed E-state index contributed by atoms with van der Waals surface area (Å²) in [5.41, 5.74) is 0.733. The van der Waals surface area contributed by atoms with Crippen LogP contribution in [-0.4, -0.2) is 17.7 Å². The Balaban J connectivity index is 3.60. The molecule has 0 aromatic carbocycles. The van der Waals surface area contributed by atoms with Crippen LogP contribution in [-0.2, 0) is 0 Å². The maximum absolute atomic E-state index is 7.20. The number of hydrogen-bond acceptors (Lipinski definition) is 1. The Morgan fingerprint density at radius 2 is 2.33 bits per heavy atom. The van der Waals surface area contributed by atoms with Gasteiger partial charge in [-0.2, -0.15) is 0 Å². The fourth-order valence-corrected chi connectivity index (χ4v) is 0.599. The highest BCUT2D eigenvalue weighted by Crippen LogP contribution is 2.02. The standard InChI is InChI=1S/C6H10BrN2/c1-3-9-6(8)5(2)4-7/h2-4H2,1H3,(H-,8,9)/q-1. The van der Waals surface area contributed by atoms with E-state index in [1.165, 1.54) is 0 Å². The van der Waals surface area contributed by atoms with Crippen LogP contribution < -0.4 is 0 Å². The Labute approximate surface area is 64.0 Å². The summed E-state index contributed by atoms with van der Waals surface area (Å²) in [6.45, 7) is 6.18. The van der Waals surface area contributed by atoms with Crippen LogP contribution >= 0.6 is 15.9 Å². The van der Waals surface area contributed by atoms with E-state index in [1.54, 1.807) is 0 Å². The summed E-state index contributed by atoms with van der Waals surface area (Å²) >= 11 is 3.18. The van der Waals surface area contributed by atoms with Crippen LogP contribution in [0.25, 0.3) is 5.32 Å². The molecule has 0 unspecified atom stereocenters. The lowest BCUT2D eigenvalue weighted by atomic mass is 10.3. The van der Waals surface area contributed by atoms with Crippen molar-refractivity contribution >= 4 is 21.8 Å². The largest absolute Gasteiger partial charge is 0.482 e. The number of amidine groups is 1. The molecule has 0 saturated heterocycles. The minimum absolute atomic E-state index is 0.300. The molecule has 0 aromatic heterocycles. The van der Waals surface area contributed by atoms with Gasteiger partial charge >= 0.3 is 0 Å². The SMILES string of the molecule is C=C(CBr)C(=N)[N-]CC. The monoisotopic (exact) mass is 189 g/mol. The van der Waals surface area contributed by atoms with Gasteiger partial charge in [-0.15, -0.1) is 0 Å². The molecule has 0 amide bonds. The molecule has 0 heterocycles. The number of rotatable bonds is 3. The van der Waals surface area contributed by atoms with E-state index in [1.807, 2.05) is 6.92 Å². The van der Waals surface area contributed by atoms with Crippen LogP contribution in [0.5, 0.6) is 0 Å². The second-order valence-corrected chi connectivity index (χ2v) is 2.12. The predicted molar refractivity (Wildman–Crippen MR) is 44.6 cm³/mol. The summed E-state index contributed by atoms with van der Waals surface area (Å²) in [6, 6.07) is 0. The fraction of sp³-hybridized carbons (Fsp3) is 0.500. The van der Waals surface area contributed by atoms with Crippen molar-refractivity contribution < 1.29 is 0 Å². The van der Waals surface area contributed by atoms with E-state index in [4.69, 9.17) is 5.41 Å². The molecule has 0 fully saturated rings. The summed E-state index contributed by atoms with van der Waals surface area (Å²) in [5, 5.41) is 11.7. The lowest BCUT2D eigenvalue weighted by Crippen LogP contribution is -1.99. The van der Waals surface area contributed by atoms with Gasteiger partial charge in [-0.05, 0) is 5.57 Å². The summed E-state index contributed by atoms with van der Waals surface area (Å²) in [5.74, 6) is 0.300. The number of hydrogen-bond donors (Lipinski definition) is 1. The maximum Gasteiger partial charge on any atom is 0.0275 e. The van der Waals surface area contributed by atoms with Gasteiger partial charge in [-0.3, -0.25) is 0 Å². The smallest absolute Gasteiger partial charge is 0.0275 e. The maximum atomic E-state index is 7.20. The first-order valence-electron chi connectivity index (χ1n) is 2.72. The molecule has 9 heavy (non-hydrogen) atoms. The third-order valence-corrected chi connectivity index (χ3v) is 1.49. The van der Waals surface area contributed by atoms with E-state index in [9.17, 15) is 0 Å². The number of nitrogens with zero attached hydrogens (tertiary/aromatic N) is 1. The third-order valence-electron chi connectivity index (χ3n) is 0.812. The third kappa shape index (κ3) is 3.30. The first-order chi connectivity index (χ1) is 4.22. The van der Waals surface area contributed by atoms with Crippen molar-refractivity contribution in [1.82, 2.24) is 0 Å². The van der Waals surface area contributed by atoms with E-state index < -0.39 is 0 Å². The molecule has 0 atom stereocenters. The molecular weight excluding hydrogens is 180 g/mol. The van der Waals surface area contributed by atoms with E-state index in [-0.39, 0.29) is 0 Å². The fourth-order valence-electron chi connectivity index (χ4n) is 0.333. The van der Waals surface area contributed by atoms with E-state index in [2.05, 4.69) is 27.8 Å². The molecule has 0 aliphatic rings. The second kappa shape index (κ2) is 4.56. The van der Waals surface area contributed by atoms with E-state index in [0.717, 1.165) is 5.57 Å². The van der Waals surface area contributed by atoms with Crippen LogP contribution in [0.2, 0.25) is 0 Å². The molecule has 0 radical (unpaired) electrons. The molecule has 0 aliphatic carbocycles. The Kier molecular flexibility index (Phi) is 4.40. The first-order valence-corrected chi connectivity index (χ1v) is 3.84. The van der Waals surface area contributed by atoms with Gasteiger partial charge in [0.1, 0.15) is 0 Å². The van der Waals surface area contributed by atoms with Crippen molar-refractivity contribution in [2.24, 2.45) is 0 Å². The average molecular weight is 190 g/mol. The second-order valence-electron chi connectivity index (χ2n) is 1.56. The molecule has 3 heteroatoms. The van der Waals surface area contributed by atoms with Gasteiger partial charge in [0.05, 0.1) is 0 Å². The topological polar surface area (TPSA) is 38.0 Å². The van der Waals surface area contributed by atoms with Crippen molar-refractivity contribution in [1.29, 1.82) is 5.41 Å². The zero-order valence-electron chi connectivity index (χ0n) is 5.45. The zero-order chi connectivity index (χ0) is 7.28. The summed E-state index contributed by atoms with van der Waals surface area (Å²) in [6.07, 6.45) is 0. The Bertz CT molecular complexity index is 120. The minimum Gasteiger partial charge on any atom is -0.482 e. The van der Waals surface area contributed by atoms with Gasteiger partial charge in [-0.25, -0.2) is 0 Å². The van der Waals surface area contributed by atoms with Gasteiger partial charge in [0.2, 0.25) is 0 Å². The number of alkyl halides is 1. The van der Waals surface area contributed by atoms with Gasteiger partial charge in [-0.1, -0.05) is 41.8 Å². The van der Waals surface area contributed by atoms with Crippen LogP contribution in [0.1, 0.15) is 6.92 Å². The Morgan fingerprint density at radius 3 is 2.67 bits per heavy atom. The Morgan fingerprint density at radius 1 is 1.78 bits per heavy atom. The van der Waals surface area contributed by atoms with Gasteiger partial charge in [0.25, 0.3) is 0 Å². The lowest BCUT2D eigenvalue weighted by molar-refractivity contribution is 1.28. The van der Waals surface area contributed by atoms with Crippen LogP contribution in [0.4, 0.5) is 0 Å². The predicted octanol–water partition coefficient (Wildman–Crippen LogP) is 2.31. The highest BCUT2D eigenvalue weighted by atomic mass is 79.9. The van der Waals surface area contributed by atoms with Crippen LogP contribution in [0.15, 0.2) is 12.2 Å². The van der Waals surface area contributed by atoms with Crippen LogP contribution in [0.3, 0.4) is 0 Å². The van der Waals surface area contributed by atoms with Gasteiger partial charge in [0.15, 0.2) is 0 Å². The minimum atomic E-state index is 0.300. The molecular formula is C6H10BrN2-. The van der Waals surface area contributed by atoms with Crippen molar-refractivity contribution in [3.63, 3.8) is 0 Å². The zero-order valence-corrected chi connectivity index (χ0v) is 7.03. The van der Waals surface area contributed by atoms with Crippen molar-refractivity contribution in [3.8, 4) is 0 Å². The quantitative estimate of drug-likeness (QED) is 0.403. The number of likely N-dealkylation sites (N-methyl/N-ethyl adjacent to an activating group) is 1. The van der Waals surface area contributed by atoms with Gasteiger partial charge in [0, 0.05) is 5.33 Å². The van der Waals surface area contributed by atoms with Gasteiger partial charge < -0.3 is 10.7 Å². The highest BCUT2D eigenvalue weighted by Gasteiger charge is 1.87.